The number of sulfonamides is 1. The van der Waals surface area contributed by atoms with Gasteiger partial charge in [0.1, 0.15) is 4.90 Å². The van der Waals surface area contributed by atoms with Crippen LogP contribution in [0.2, 0.25) is 0 Å². The number of fused-ring (bicyclic) bond motifs is 1. The van der Waals surface area contributed by atoms with Crippen molar-refractivity contribution in [3.8, 4) is 0 Å². The molecule has 1 aliphatic heterocycles. The highest BCUT2D eigenvalue weighted by Crippen LogP contribution is 2.27. The molecule has 0 unspecified atom stereocenters. The monoisotopic (exact) mass is 330 g/mol. The van der Waals surface area contributed by atoms with E-state index in [1.807, 2.05) is 0 Å². The van der Waals surface area contributed by atoms with E-state index in [9.17, 15) is 13.2 Å². The number of nitrogens with zero attached hydrogens (tertiary/aromatic N) is 1. The standard InChI is InChI=1S/C16H14N2O4S/c1-2-22-16(19)11-7-3-5-9-13(11)17-15-12-8-4-6-10-14(12)23(20,21)18-15/h3-10H,2H2,1H3,(H,17,18). The summed E-state index contributed by atoms with van der Waals surface area (Å²) in [5.41, 5.74) is 1.24. The Morgan fingerprint density at radius 1 is 1.13 bits per heavy atom. The Labute approximate surface area is 133 Å². The maximum Gasteiger partial charge on any atom is 0.340 e. The summed E-state index contributed by atoms with van der Waals surface area (Å²) in [6, 6.07) is 13.3. The van der Waals surface area contributed by atoms with E-state index in [2.05, 4.69) is 9.71 Å². The van der Waals surface area contributed by atoms with E-state index >= 15 is 0 Å². The molecule has 7 heteroatoms. The van der Waals surface area contributed by atoms with Crippen LogP contribution in [0.5, 0.6) is 0 Å². The number of para-hydroxylation sites is 1. The molecule has 0 saturated heterocycles. The fraction of sp³-hybridized carbons (Fsp3) is 0.125. The average Bonchev–Trinajstić information content (AvgIpc) is 2.79. The molecule has 0 bridgehead atoms. The van der Waals surface area contributed by atoms with Crippen LogP contribution in [0.1, 0.15) is 22.8 Å². The number of amidine groups is 1. The van der Waals surface area contributed by atoms with Gasteiger partial charge in [-0.3, -0.25) is 0 Å². The maximum atomic E-state index is 12.1. The number of benzene rings is 2. The van der Waals surface area contributed by atoms with Crippen LogP contribution in [0.3, 0.4) is 0 Å². The number of ether oxygens (including phenoxy) is 1. The zero-order chi connectivity index (χ0) is 16.4. The van der Waals surface area contributed by atoms with Gasteiger partial charge in [0, 0.05) is 5.56 Å². The zero-order valence-electron chi connectivity index (χ0n) is 12.3. The van der Waals surface area contributed by atoms with Gasteiger partial charge in [0.25, 0.3) is 10.0 Å². The molecule has 1 heterocycles. The lowest BCUT2D eigenvalue weighted by atomic mass is 10.1. The molecule has 0 fully saturated rings. The van der Waals surface area contributed by atoms with Crippen molar-refractivity contribution in [1.82, 2.24) is 0 Å². The highest BCUT2D eigenvalue weighted by molar-refractivity contribution is 7.90. The lowest BCUT2D eigenvalue weighted by Crippen LogP contribution is -2.15. The molecule has 3 rings (SSSR count). The molecule has 0 saturated carbocycles. The number of hydrogen-bond donors (Lipinski definition) is 1. The molecule has 0 radical (unpaired) electrons. The molecular formula is C16H14N2O4S. The molecule has 0 amide bonds. The first-order valence-corrected chi connectivity index (χ1v) is 8.44. The molecule has 1 N–H and O–H groups in total. The van der Waals surface area contributed by atoms with Crippen molar-refractivity contribution >= 4 is 27.5 Å². The summed E-state index contributed by atoms with van der Waals surface area (Å²) >= 11 is 0. The number of carbonyl (C=O) groups excluding carboxylic acids is 1. The second-order valence-corrected chi connectivity index (χ2v) is 6.37. The van der Waals surface area contributed by atoms with Crippen LogP contribution < -0.4 is 5.32 Å². The molecule has 0 aliphatic carbocycles. The fourth-order valence-electron chi connectivity index (χ4n) is 2.30. The van der Waals surface area contributed by atoms with Crippen molar-refractivity contribution in [3.05, 3.63) is 59.7 Å². The second kappa shape index (κ2) is 5.85. The SMILES string of the molecule is CCOC(=O)c1ccccc1NC1=NS(=O)(=O)c2ccccc21. The normalized spacial score (nSPS) is 14.7. The van der Waals surface area contributed by atoms with Gasteiger partial charge in [0.15, 0.2) is 5.84 Å². The third kappa shape index (κ3) is 2.83. The van der Waals surface area contributed by atoms with Crippen molar-refractivity contribution in [2.75, 3.05) is 11.9 Å². The molecule has 6 nitrogen and oxygen atoms in total. The predicted octanol–water partition coefficient (Wildman–Crippen LogP) is 2.42. The first-order chi connectivity index (χ1) is 11.0. The summed E-state index contributed by atoms with van der Waals surface area (Å²) in [6.45, 7) is 1.98. The molecule has 0 spiro atoms. The topological polar surface area (TPSA) is 84.8 Å². The zero-order valence-corrected chi connectivity index (χ0v) is 13.1. The fourth-order valence-corrected chi connectivity index (χ4v) is 3.48. The van der Waals surface area contributed by atoms with Crippen LogP contribution in [-0.4, -0.2) is 26.8 Å². The Morgan fingerprint density at radius 2 is 1.83 bits per heavy atom. The van der Waals surface area contributed by atoms with Crippen LogP contribution in [0.4, 0.5) is 5.69 Å². The highest BCUT2D eigenvalue weighted by atomic mass is 32.2. The third-order valence-corrected chi connectivity index (χ3v) is 4.64. The van der Waals surface area contributed by atoms with Crippen LogP contribution in [0.15, 0.2) is 57.8 Å². The van der Waals surface area contributed by atoms with E-state index in [1.165, 1.54) is 6.07 Å². The largest absolute Gasteiger partial charge is 0.462 e. The van der Waals surface area contributed by atoms with E-state index in [-0.39, 0.29) is 17.3 Å². The molecule has 0 atom stereocenters. The highest BCUT2D eigenvalue weighted by Gasteiger charge is 2.29. The van der Waals surface area contributed by atoms with Crippen molar-refractivity contribution in [2.24, 2.45) is 4.40 Å². The smallest absolute Gasteiger partial charge is 0.340 e. The van der Waals surface area contributed by atoms with Crippen molar-refractivity contribution in [1.29, 1.82) is 0 Å². The molecule has 0 aromatic heterocycles. The first-order valence-electron chi connectivity index (χ1n) is 7.00. The summed E-state index contributed by atoms with van der Waals surface area (Å²) in [5.74, 6) is -0.289. The van der Waals surface area contributed by atoms with Gasteiger partial charge in [-0.25, -0.2) is 4.79 Å². The Balaban J connectivity index is 2.00. The number of esters is 1. The van der Waals surface area contributed by atoms with Crippen molar-refractivity contribution < 1.29 is 17.9 Å². The van der Waals surface area contributed by atoms with E-state index < -0.39 is 16.0 Å². The number of nitrogens with one attached hydrogen (secondary N) is 1. The Kier molecular flexibility index (Phi) is 3.87. The lowest BCUT2D eigenvalue weighted by Gasteiger charge is -2.11. The first kappa shape index (κ1) is 15.2. The summed E-state index contributed by atoms with van der Waals surface area (Å²) in [6.07, 6.45) is 0. The predicted molar refractivity (Wildman–Crippen MR) is 86.2 cm³/mol. The van der Waals surface area contributed by atoms with Crippen molar-refractivity contribution in [3.63, 3.8) is 0 Å². The van der Waals surface area contributed by atoms with E-state index in [0.29, 0.717) is 16.8 Å². The molecule has 1 aliphatic rings. The third-order valence-electron chi connectivity index (χ3n) is 3.31. The molecule has 2 aromatic rings. The van der Waals surface area contributed by atoms with Gasteiger partial charge in [0.05, 0.1) is 17.9 Å². The van der Waals surface area contributed by atoms with Gasteiger partial charge in [-0.2, -0.15) is 8.42 Å². The minimum atomic E-state index is -3.71. The second-order valence-electron chi connectivity index (χ2n) is 4.80. The quantitative estimate of drug-likeness (QED) is 0.874. The molecule has 2 aromatic carbocycles. The van der Waals surface area contributed by atoms with Gasteiger partial charge >= 0.3 is 5.97 Å². The summed E-state index contributed by atoms with van der Waals surface area (Å²) in [4.78, 5) is 12.1. The van der Waals surface area contributed by atoms with Gasteiger partial charge < -0.3 is 10.1 Å². The molecule has 118 valence electrons. The number of carbonyl (C=O) groups is 1. The van der Waals surface area contributed by atoms with E-state index in [1.54, 1.807) is 49.4 Å². The average molecular weight is 330 g/mol. The number of hydrogen-bond acceptors (Lipinski definition) is 5. The lowest BCUT2D eigenvalue weighted by molar-refractivity contribution is 0.0527. The van der Waals surface area contributed by atoms with Crippen LogP contribution in [0, 0.1) is 0 Å². The van der Waals surface area contributed by atoms with Gasteiger partial charge in [-0.15, -0.1) is 4.40 Å². The van der Waals surface area contributed by atoms with Crippen LogP contribution >= 0.6 is 0 Å². The van der Waals surface area contributed by atoms with Gasteiger partial charge in [-0.1, -0.05) is 24.3 Å². The van der Waals surface area contributed by atoms with E-state index in [0.717, 1.165) is 0 Å². The van der Waals surface area contributed by atoms with E-state index in [4.69, 9.17) is 4.74 Å². The molecule has 23 heavy (non-hydrogen) atoms. The summed E-state index contributed by atoms with van der Waals surface area (Å²) < 4.78 is 32.9. The number of rotatable bonds is 3. The minimum absolute atomic E-state index is 0.149. The number of anilines is 1. The Bertz CT molecular complexity index is 904. The van der Waals surface area contributed by atoms with Crippen molar-refractivity contribution in [2.45, 2.75) is 11.8 Å². The van der Waals surface area contributed by atoms with Crippen LogP contribution in [0.25, 0.3) is 0 Å². The van der Waals surface area contributed by atoms with Gasteiger partial charge in [0.2, 0.25) is 0 Å². The Hall–Kier alpha value is -2.67. The molecular weight excluding hydrogens is 316 g/mol. The van der Waals surface area contributed by atoms with Crippen LogP contribution in [-0.2, 0) is 14.8 Å². The van der Waals surface area contributed by atoms with Gasteiger partial charge in [-0.05, 0) is 31.2 Å². The Morgan fingerprint density at radius 3 is 2.61 bits per heavy atom. The summed E-state index contributed by atoms with van der Waals surface area (Å²) in [5, 5.41) is 2.93. The maximum absolute atomic E-state index is 12.1. The minimum Gasteiger partial charge on any atom is -0.462 e. The summed E-state index contributed by atoms with van der Waals surface area (Å²) in [7, 11) is -3.71.